The highest BCUT2D eigenvalue weighted by atomic mass is 32.2. The van der Waals surface area contributed by atoms with E-state index in [1.54, 1.807) is 5.38 Å². The summed E-state index contributed by atoms with van der Waals surface area (Å²) in [6.07, 6.45) is 2.67. The summed E-state index contributed by atoms with van der Waals surface area (Å²) in [7, 11) is 0.455. The largest absolute Gasteiger partial charge is 0.321 e. The molecule has 1 N–H and O–H groups in total. The van der Waals surface area contributed by atoms with Gasteiger partial charge in [0.25, 0.3) is 5.91 Å². The first kappa shape index (κ1) is 20.0. The standard InChI is InChI=1S/C19H25N3O3S2/c1-21(2)13-9-15-5-7-16(8-6-15)20-19(23)18-17(10-14-26-18)27(24,25)22-11-3-4-12-22/h5-8,10,14H,3-4,9,11-13H2,1-2H3,(H,20,23). The molecule has 1 aliphatic heterocycles. The highest BCUT2D eigenvalue weighted by Crippen LogP contribution is 2.28. The van der Waals surface area contributed by atoms with Gasteiger partial charge in [-0.25, -0.2) is 8.42 Å². The average molecular weight is 408 g/mol. The molecule has 1 fully saturated rings. The maximum absolute atomic E-state index is 12.8. The van der Waals surface area contributed by atoms with Crippen molar-refractivity contribution in [3.8, 4) is 0 Å². The summed E-state index contributed by atoms with van der Waals surface area (Å²) in [4.78, 5) is 15.1. The summed E-state index contributed by atoms with van der Waals surface area (Å²) in [5.74, 6) is -0.385. The number of carbonyl (C=O) groups is 1. The number of nitrogens with one attached hydrogen (secondary N) is 1. The third-order valence-corrected chi connectivity index (χ3v) is 7.56. The van der Waals surface area contributed by atoms with Gasteiger partial charge in [-0.1, -0.05) is 12.1 Å². The number of carbonyl (C=O) groups excluding carboxylic acids is 1. The Kier molecular flexibility index (Phi) is 6.31. The minimum absolute atomic E-state index is 0.106. The second kappa shape index (κ2) is 8.52. The number of rotatable bonds is 7. The first-order valence-electron chi connectivity index (χ1n) is 9.00. The van der Waals surface area contributed by atoms with Gasteiger partial charge in [0.05, 0.1) is 0 Å². The van der Waals surface area contributed by atoms with Gasteiger partial charge in [0.15, 0.2) is 0 Å². The second-order valence-electron chi connectivity index (χ2n) is 6.93. The third-order valence-electron chi connectivity index (χ3n) is 4.58. The van der Waals surface area contributed by atoms with E-state index in [-0.39, 0.29) is 15.7 Å². The van der Waals surface area contributed by atoms with E-state index >= 15 is 0 Å². The van der Waals surface area contributed by atoms with E-state index in [0.29, 0.717) is 18.8 Å². The van der Waals surface area contributed by atoms with Crippen LogP contribution in [0.5, 0.6) is 0 Å². The Morgan fingerprint density at radius 1 is 1.15 bits per heavy atom. The van der Waals surface area contributed by atoms with Gasteiger partial charge in [0.1, 0.15) is 9.77 Å². The van der Waals surface area contributed by atoms with Crippen LogP contribution in [0, 0.1) is 0 Å². The second-order valence-corrected chi connectivity index (χ2v) is 9.75. The van der Waals surface area contributed by atoms with E-state index in [9.17, 15) is 13.2 Å². The summed E-state index contributed by atoms with van der Waals surface area (Å²) in [6.45, 7) is 2.00. The zero-order valence-electron chi connectivity index (χ0n) is 15.6. The van der Waals surface area contributed by atoms with Crippen molar-refractivity contribution >= 4 is 33.0 Å². The molecule has 1 aromatic carbocycles. The quantitative estimate of drug-likeness (QED) is 0.766. The van der Waals surface area contributed by atoms with Crippen LogP contribution in [0.25, 0.3) is 0 Å². The molecule has 1 saturated heterocycles. The lowest BCUT2D eigenvalue weighted by Gasteiger charge is -2.15. The number of anilines is 1. The molecule has 1 aliphatic rings. The molecule has 146 valence electrons. The van der Waals surface area contributed by atoms with E-state index in [2.05, 4.69) is 10.2 Å². The van der Waals surface area contributed by atoms with Crippen LogP contribution in [0.15, 0.2) is 40.6 Å². The Morgan fingerprint density at radius 2 is 1.81 bits per heavy atom. The molecule has 0 saturated carbocycles. The smallest absolute Gasteiger partial charge is 0.267 e. The van der Waals surface area contributed by atoms with Crippen molar-refractivity contribution in [2.45, 2.75) is 24.2 Å². The van der Waals surface area contributed by atoms with Crippen LogP contribution in [0.2, 0.25) is 0 Å². The van der Waals surface area contributed by atoms with E-state index in [1.807, 2.05) is 38.4 Å². The highest BCUT2D eigenvalue weighted by molar-refractivity contribution is 7.89. The Morgan fingerprint density at radius 3 is 2.44 bits per heavy atom. The number of hydrogen-bond donors (Lipinski definition) is 1. The number of hydrogen-bond acceptors (Lipinski definition) is 5. The number of nitrogens with zero attached hydrogens (tertiary/aromatic N) is 2. The molecule has 2 heterocycles. The average Bonchev–Trinajstić information content (AvgIpc) is 3.33. The van der Waals surface area contributed by atoms with Crippen molar-refractivity contribution in [3.63, 3.8) is 0 Å². The molecule has 3 rings (SSSR count). The first-order chi connectivity index (χ1) is 12.9. The molecule has 27 heavy (non-hydrogen) atoms. The topological polar surface area (TPSA) is 69.7 Å². The highest BCUT2D eigenvalue weighted by Gasteiger charge is 2.31. The summed E-state index contributed by atoms with van der Waals surface area (Å²) in [5.41, 5.74) is 1.85. The van der Waals surface area contributed by atoms with E-state index in [1.165, 1.54) is 15.9 Å². The summed E-state index contributed by atoms with van der Waals surface area (Å²) >= 11 is 1.15. The summed E-state index contributed by atoms with van der Waals surface area (Å²) < 4.78 is 27.1. The van der Waals surface area contributed by atoms with E-state index in [4.69, 9.17) is 0 Å². The van der Waals surface area contributed by atoms with Crippen molar-refractivity contribution in [2.75, 3.05) is 39.0 Å². The van der Waals surface area contributed by atoms with Crippen LogP contribution >= 0.6 is 11.3 Å². The molecule has 0 bridgehead atoms. The van der Waals surface area contributed by atoms with Crippen molar-refractivity contribution in [3.05, 3.63) is 46.2 Å². The molecule has 0 unspecified atom stereocenters. The fourth-order valence-corrected chi connectivity index (χ4v) is 5.84. The molecule has 0 atom stereocenters. The number of amides is 1. The van der Waals surface area contributed by atoms with Gasteiger partial charge in [0, 0.05) is 25.3 Å². The van der Waals surface area contributed by atoms with Crippen LogP contribution in [-0.4, -0.2) is 57.3 Å². The van der Waals surface area contributed by atoms with Crippen molar-refractivity contribution in [1.29, 1.82) is 0 Å². The zero-order valence-corrected chi connectivity index (χ0v) is 17.3. The zero-order chi connectivity index (χ0) is 19.4. The van der Waals surface area contributed by atoms with Crippen LogP contribution in [0.3, 0.4) is 0 Å². The van der Waals surface area contributed by atoms with Crippen molar-refractivity contribution in [2.24, 2.45) is 0 Å². The molecule has 1 amide bonds. The van der Waals surface area contributed by atoms with Crippen molar-refractivity contribution in [1.82, 2.24) is 9.21 Å². The van der Waals surface area contributed by atoms with Crippen LogP contribution in [0.1, 0.15) is 28.1 Å². The van der Waals surface area contributed by atoms with Crippen LogP contribution in [-0.2, 0) is 16.4 Å². The van der Waals surface area contributed by atoms with Crippen LogP contribution < -0.4 is 5.32 Å². The van der Waals surface area contributed by atoms with E-state index in [0.717, 1.165) is 37.1 Å². The van der Waals surface area contributed by atoms with Gasteiger partial charge < -0.3 is 10.2 Å². The fraction of sp³-hybridized carbons (Fsp3) is 0.421. The molecule has 0 aliphatic carbocycles. The molecule has 0 radical (unpaired) electrons. The van der Waals surface area contributed by atoms with Gasteiger partial charge in [-0.3, -0.25) is 4.79 Å². The van der Waals surface area contributed by atoms with Crippen molar-refractivity contribution < 1.29 is 13.2 Å². The molecular formula is C19H25N3O3S2. The molecular weight excluding hydrogens is 382 g/mol. The number of thiophene rings is 1. The van der Waals surface area contributed by atoms with Gasteiger partial charge in [0.2, 0.25) is 10.0 Å². The van der Waals surface area contributed by atoms with Crippen LogP contribution in [0.4, 0.5) is 5.69 Å². The lowest BCUT2D eigenvalue weighted by atomic mass is 10.1. The molecule has 6 nitrogen and oxygen atoms in total. The maximum atomic E-state index is 12.8. The Hall–Kier alpha value is -1.74. The lowest BCUT2D eigenvalue weighted by molar-refractivity contribution is 0.102. The number of sulfonamides is 1. The monoisotopic (exact) mass is 407 g/mol. The normalized spacial score (nSPS) is 15.4. The fourth-order valence-electron chi connectivity index (χ4n) is 3.03. The Labute approximate surface area is 164 Å². The molecule has 0 spiro atoms. The minimum atomic E-state index is -3.61. The number of likely N-dealkylation sites (N-methyl/N-ethyl adjacent to an activating group) is 1. The number of benzene rings is 1. The first-order valence-corrected chi connectivity index (χ1v) is 11.3. The SMILES string of the molecule is CN(C)CCc1ccc(NC(=O)c2sccc2S(=O)(=O)N2CCCC2)cc1. The predicted molar refractivity (Wildman–Crippen MR) is 109 cm³/mol. The molecule has 2 aromatic rings. The minimum Gasteiger partial charge on any atom is -0.321 e. The molecule has 8 heteroatoms. The maximum Gasteiger partial charge on any atom is 0.267 e. The van der Waals surface area contributed by atoms with Gasteiger partial charge in [-0.15, -0.1) is 11.3 Å². The van der Waals surface area contributed by atoms with Gasteiger partial charge in [-0.2, -0.15) is 4.31 Å². The van der Waals surface area contributed by atoms with E-state index < -0.39 is 10.0 Å². The summed E-state index contributed by atoms with van der Waals surface area (Å²) in [5, 5.41) is 4.47. The van der Waals surface area contributed by atoms with Gasteiger partial charge in [-0.05, 0) is 62.5 Å². The third kappa shape index (κ3) is 4.76. The lowest BCUT2D eigenvalue weighted by Crippen LogP contribution is -2.29. The Bertz CT molecular complexity index is 883. The summed E-state index contributed by atoms with van der Waals surface area (Å²) in [6, 6.07) is 9.19. The molecule has 1 aromatic heterocycles. The van der Waals surface area contributed by atoms with Gasteiger partial charge >= 0.3 is 0 Å². The Balaban J connectivity index is 1.71. The predicted octanol–water partition coefficient (Wildman–Crippen LogP) is 2.89.